The molecule has 142 valence electrons. The molecular weight excluding hydrogens is 368 g/mol. The molecule has 0 spiro atoms. The average Bonchev–Trinajstić information content (AvgIpc) is 3.00. The first kappa shape index (κ1) is 19.1. The molecule has 0 aliphatic carbocycles. The van der Waals surface area contributed by atoms with E-state index in [9.17, 15) is 18.0 Å². The number of carbonyl (C=O) groups is 2. The predicted molar refractivity (Wildman–Crippen MR) is 99.8 cm³/mol. The van der Waals surface area contributed by atoms with Crippen molar-refractivity contribution in [3.05, 3.63) is 54.1 Å². The standard InChI is InChI=1S/C19H20N2O5S/c1-20(13-14-6-4-3-5-7-14)27(24,25)17-12-15(8-9-16(17)26-2)21-18(22)10-11-19(21)23/h3-9,12H,10-11,13H2,1-2H3. The van der Waals surface area contributed by atoms with Gasteiger partial charge >= 0.3 is 0 Å². The molecule has 0 atom stereocenters. The summed E-state index contributed by atoms with van der Waals surface area (Å²) in [6, 6.07) is 13.5. The number of nitrogens with zero attached hydrogens (tertiary/aromatic N) is 2. The van der Waals surface area contributed by atoms with E-state index in [0.717, 1.165) is 10.5 Å². The zero-order chi connectivity index (χ0) is 19.6. The molecule has 2 amide bonds. The summed E-state index contributed by atoms with van der Waals surface area (Å²) >= 11 is 0. The third-order valence-corrected chi connectivity index (χ3v) is 6.22. The summed E-state index contributed by atoms with van der Waals surface area (Å²) in [4.78, 5) is 24.9. The van der Waals surface area contributed by atoms with Crippen LogP contribution in [-0.2, 0) is 26.2 Å². The first-order valence-electron chi connectivity index (χ1n) is 8.38. The summed E-state index contributed by atoms with van der Waals surface area (Å²) in [6.45, 7) is 0.179. The van der Waals surface area contributed by atoms with Gasteiger partial charge in [-0.2, -0.15) is 4.31 Å². The molecule has 2 aromatic carbocycles. The number of ether oxygens (including phenoxy) is 1. The Kier molecular flexibility index (Phi) is 5.29. The number of amides is 2. The summed E-state index contributed by atoms with van der Waals surface area (Å²) in [5.74, 6) is -0.532. The van der Waals surface area contributed by atoms with Crippen molar-refractivity contribution in [3.63, 3.8) is 0 Å². The van der Waals surface area contributed by atoms with Crippen LogP contribution in [0.1, 0.15) is 18.4 Å². The zero-order valence-corrected chi connectivity index (χ0v) is 15.9. The van der Waals surface area contributed by atoms with E-state index >= 15 is 0 Å². The fraction of sp³-hybridized carbons (Fsp3) is 0.263. The third kappa shape index (κ3) is 3.72. The van der Waals surface area contributed by atoms with Crippen LogP contribution >= 0.6 is 0 Å². The van der Waals surface area contributed by atoms with Gasteiger partial charge in [-0.05, 0) is 23.8 Å². The van der Waals surface area contributed by atoms with E-state index in [4.69, 9.17) is 4.74 Å². The second-order valence-corrected chi connectivity index (χ2v) is 8.22. The second kappa shape index (κ2) is 7.50. The van der Waals surface area contributed by atoms with Gasteiger partial charge in [-0.1, -0.05) is 30.3 Å². The lowest BCUT2D eigenvalue weighted by atomic mass is 10.2. The number of hydrogen-bond donors (Lipinski definition) is 0. The molecule has 0 radical (unpaired) electrons. The Morgan fingerprint density at radius 2 is 1.67 bits per heavy atom. The molecule has 7 nitrogen and oxygen atoms in total. The Hall–Kier alpha value is -2.71. The number of methoxy groups -OCH3 is 1. The smallest absolute Gasteiger partial charge is 0.246 e. The van der Waals surface area contributed by atoms with Crippen molar-refractivity contribution >= 4 is 27.5 Å². The predicted octanol–water partition coefficient (Wildman–Crippen LogP) is 2.17. The van der Waals surface area contributed by atoms with E-state index in [0.29, 0.717) is 0 Å². The molecule has 1 saturated heterocycles. The molecule has 0 aromatic heterocycles. The van der Waals surface area contributed by atoms with Crippen LogP contribution < -0.4 is 9.64 Å². The average molecular weight is 388 g/mol. The lowest BCUT2D eigenvalue weighted by Crippen LogP contribution is -2.30. The van der Waals surface area contributed by atoms with E-state index in [1.54, 1.807) is 0 Å². The van der Waals surface area contributed by atoms with Gasteiger partial charge in [0.15, 0.2) is 0 Å². The molecule has 2 aromatic rings. The molecule has 1 aliphatic heterocycles. The molecule has 1 fully saturated rings. The maximum Gasteiger partial charge on any atom is 0.246 e. The van der Waals surface area contributed by atoms with Gasteiger partial charge in [0.2, 0.25) is 21.8 Å². The van der Waals surface area contributed by atoms with Crippen LogP contribution in [0.15, 0.2) is 53.4 Å². The highest BCUT2D eigenvalue weighted by Gasteiger charge is 2.32. The lowest BCUT2D eigenvalue weighted by molar-refractivity contribution is -0.121. The van der Waals surface area contributed by atoms with Gasteiger partial charge in [0.05, 0.1) is 12.8 Å². The lowest BCUT2D eigenvalue weighted by Gasteiger charge is -2.21. The molecule has 1 heterocycles. The van der Waals surface area contributed by atoms with Gasteiger partial charge in [-0.25, -0.2) is 8.42 Å². The van der Waals surface area contributed by atoms with Crippen LogP contribution in [-0.4, -0.2) is 38.7 Å². The van der Waals surface area contributed by atoms with E-state index in [-0.39, 0.29) is 47.5 Å². The number of imide groups is 1. The van der Waals surface area contributed by atoms with Gasteiger partial charge in [0.25, 0.3) is 0 Å². The minimum absolute atomic E-state index is 0.0894. The van der Waals surface area contributed by atoms with Crippen LogP contribution in [0.25, 0.3) is 0 Å². The summed E-state index contributed by atoms with van der Waals surface area (Å²) < 4.78 is 32.6. The number of carbonyl (C=O) groups excluding carboxylic acids is 2. The summed E-state index contributed by atoms with van der Waals surface area (Å²) in [6.07, 6.45) is 0.252. The van der Waals surface area contributed by atoms with Crippen molar-refractivity contribution < 1.29 is 22.7 Å². The van der Waals surface area contributed by atoms with Gasteiger partial charge < -0.3 is 4.74 Å². The van der Waals surface area contributed by atoms with Gasteiger partial charge in [-0.3, -0.25) is 14.5 Å². The van der Waals surface area contributed by atoms with Gasteiger partial charge in [-0.15, -0.1) is 0 Å². The molecule has 0 saturated carbocycles. The fourth-order valence-electron chi connectivity index (χ4n) is 2.96. The molecule has 0 unspecified atom stereocenters. The summed E-state index contributed by atoms with van der Waals surface area (Å²) in [5, 5.41) is 0. The van der Waals surface area contributed by atoms with Gasteiger partial charge in [0, 0.05) is 26.4 Å². The number of benzene rings is 2. The Balaban J connectivity index is 1.99. The van der Waals surface area contributed by atoms with Crippen molar-refractivity contribution in [2.45, 2.75) is 24.3 Å². The topological polar surface area (TPSA) is 84.0 Å². The van der Waals surface area contributed by atoms with E-state index in [1.165, 1.54) is 36.7 Å². The van der Waals surface area contributed by atoms with Crippen molar-refractivity contribution in [3.8, 4) is 5.75 Å². The molecule has 1 aliphatic rings. The van der Waals surface area contributed by atoms with E-state index in [2.05, 4.69) is 0 Å². The maximum atomic E-state index is 13.1. The normalized spacial score (nSPS) is 14.9. The SMILES string of the molecule is COc1ccc(N2C(=O)CCC2=O)cc1S(=O)(=O)N(C)Cc1ccccc1. The fourth-order valence-corrected chi connectivity index (χ4v) is 4.29. The van der Waals surface area contributed by atoms with E-state index in [1.807, 2.05) is 30.3 Å². The van der Waals surface area contributed by atoms with Crippen molar-refractivity contribution in [2.24, 2.45) is 0 Å². The summed E-state index contributed by atoms with van der Waals surface area (Å²) in [5.41, 5.74) is 1.07. The number of hydrogen-bond acceptors (Lipinski definition) is 5. The molecule has 0 N–H and O–H groups in total. The van der Waals surface area contributed by atoms with E-state index < -0.39 is 10.0 Å². The Bertz CT molecular complexity index is 957. The second-order valence-electron chi connectivity index (χ2n) is 6.20. The Morgan fingerprint density at radius 1 is 1.04 bits per heavy atom. The molecular formula is C19H20N2O5S. The van der Waals surface area contributed by atoms with Crippen LogP contribution in [0.4, 0.5) is 5.69 Å². The van der Waals surface area contributed by atoms with Crippen LogP contribution in [0, 0.1) is 0 Å². The number of sulfonamides is 1. The summed E-state index contributed by atoms with van der Waals surface area (Å²) in [7, 11) is -1.06. The highest BCUT2D eigenvalue weighted by atomic mass is 32.2. The molecule has 0 bridgehead atoms. The highest BCUT2D eigenvalue weighted by Crippen LogP contribution is 2.33. The van der Waals surface area contributed by atoms with Crippen LogP contribution in [0.5, 0.6) is 5.75 Å². The Morgan fingerprint density at radius 3 is 2.26 bits per heavy atom. The molecule has 27 heavy (non-hydrogen) atoms. The molecule has 3 rings (SSSR count). The third-order valence-electron chi connectivity index (χ3n) is 4.39. The largest absolute Gasteiger partial charge is 0.495 e. The molecule has 8 heteroatoms. The highest BCUT2D eigenvalue weighted by molar-refractivity contribution is 7.89. The first-order valence-corrected chi connectivity index (χ1v) is 9.82. The quantitative estimate of drug-likeness (QED) is 0.708. The monoisotopic (exact) mass is 388 g/mol. The maximum absolute atomic E-state index is 13.1. The van der Waals surface area contributed by atoms with Crippen LogP contribution in [0.2, 0.25) is 0 Å². The Labute approximate surface area is 158 Å². The number of rotatable bonds is 6. The van der Waals surface area contributed by atoms with Crippen molar-refractivity contribution in [2.75, 3.05) is 19.1 Å². The minimum atomic E-state index is -3.91. The van der Waals surface area contributed by atoms with Crippen molar-refractivity contribution in [1.29, 1.82) is 0 Å². The number of anilines is 1. The van der Waals surface area contributed by atoms with Crippen LogP contribution in [0.3, 0.4) is 0 Å². The van der Waals surface area contributed by atoms with Crippen molar-refractivity contribution in [1.82, 2.24) is 4.31 Å². The first-order chi connectivity index (χ1) is 12.8. The minimum Gasteiger partial charge on any atom is -0.495 e. The van der Waals surface area contributed by atoms with Gasteiger partial charge in [0.1, 0.15) is 10.6 Å². The zero-order valence-electron chi connectivity index (χ0n) is 15.1.